The molecular weight excluding hydrogens is 230 g/mol. The zero-order chi connectivity index (χ0) is 13.9. The van der Waals surface area contributed by atoms with E-state index in [-0.39, 0.29) is 5.41 Å². The number of nitrogens with zero attached hydrogens (tertiary/aromatic N) is 1. The number of hydrogen-bond acceptors (Lipinski definition) is 1. The molecule has 0 aliphatic heterocycles. The Morgan fingerprint density at radius 2 is 1.84 bits per heavy atom. The first-order valence-electron chi connectivity index (χ1n) is 6.66. The van der Waals surface area contributed by atoms with Crippen molar-refractivity contribution in [2.24, 2.45) is 0 Å². The Hall–Kier alpha value is -1.89. The van der Waals surface area contributed by atoms with Crippen LogP contribution in [0.4, 0.5) is 0 Å². The van der Waals surface area contributed by atoms with Crippen LogP contribution in [0.2, 0.25) is 0 Å². The predicted octanol–water partition coefficient (Wildman–Crippen LogP) is 4.47. The number of rotatable bonds is 4. The number of allylic oxidation sites excluding steroid dienone is 1. The molecule has 1 atom stereocenters. The van der Waals surface area contributed by atoms with Crippen molar-refractivity contribution in [3.05, 3.63) is 77.6 Å². The molecule has 0 amide bonds. The van der Waals surface area contributed by atoms with Gasteiger partial charge in [0.05, 0.1) is 0 Å². The molecule has 0 saturated carbocycles. The van der Waals surface area contributed by atoms with Gasteiger partial charge >= 0.3 is 0 Å². The van der Waals surface area contributed by atoms with Crippen LogP contribution in [0, 0.1) is 6.92 Å². The zero-order valence-electron chi connectivity index (χ0n) is 12.0. The summed E-state index contributed by atoms with van der Waals surface area (Å²) in [6, 6.07) is 14.6. The molecule has 1 aromatic heterocycles. The number of hydrogen-bond donors (Lipinski definition) is 0. The van der Waals surface area contributed by atoms with Gasteiger partial charge in [-0.05, 0) is 37.1 Å². The Morgan fingerprint density at radius 3 is 2.42 bits per heavy atom. The molecule has 0 spiro atoms. The van der Waals surface area contributed by atoms with E-state index in [1.165, 1.54) is 16.7 Å². The summed E-state index contributed by atoms with van der Waals surface area (Å²) in [5, 5.41) is 0. The highest BCUT2D eigenvalue weighted by atomic mass is 14.7. The van der Waals surface area contributed by atoms with Crippen molar-refractivity contribution >= 4 is 0 Å². The third-order valence-corrected chi connectivity index (χ3v) is 3.94. The smallest absolute Gasteiger partial charge is 0.0415 e. The van der Waals surface area contributed by atoms with Gasteiger partial charge in [-0.2, -0.15) is 0 Å². The van der Waals surface area contributed by atoms with Crippen molar-refractivity contribution in [1.82, 2.24) is 4.98 Å². The Bertz CT molecular complexity index is 571. The van der Waals surface area contributed by atoms with E-state index in [1.54, 1.807) is 0 Å². The lowest BCUT2D eigenvalue weighted by atomic mass is 9.72. The van der Waals surface area contributed by atoms with Gasteiger partial charge in [0.15, 0.2) is 0 Å². The predicted molar refractivity (Wildman–Crippen MR) is 81.3 cm³/mol. The minimum Gasteiger partial charge on any atom is -0.261 e. The fourth-order valence-corrected chi connectivity index (χ4v) is 2.53. The maximum Gasteiger partial charge on any atom is 0.0415 e. The van der Waals surface area contributed by atoms with Crippen LogP contribution in [0.15, 0.2) is 60.8 Å². The average molecular weight is 251 g/mol. The second-order valence-electron chi connectivity index (χ2n) is 5.43. The zero-order valence-corrected chi connectivity index (χ0v) is 12.0. The summed E-state index contributed by atoms with van der Waals surface area (Å²) in [7, 11) is 0. The molecule has 2 aromatic rings. The van der Waals surface area contributed by atoms with E-state index >= 15 is 0 Å². The summed E-state index contributed by atoms with van der Waals surface area (Å²) < 4.78 is 0. The number of pyridine rings is 1. The van der Waals surface area contributed by atoms with Crippen LogP contribution in [-0.2, 0) is 11.8 Å². The van der Waals surface area contributed by atoms with Gasteiger partial charge in [-0.15, -0.1) is 0 Å². The molecule has 1 heterocycles. The molecule has 0 fully saturated rings. The van der Waals surface area contributed by atoms with Gasteiger partial charge in [0.2, 0.25) is 0 Å². The van der Waals surface area contributed by atoms with Crippen LogP contribution in [0.3, 0.4) is 0 Å². The summed E-state index contributed by atoms with van der Waals surface area (Å²) in [4.78, 5) is 4.46. The SMILES string of the molecule is C=C(C)C(C)(Cc1ccccn1)c1ccccc1C. The van der Waals surface area contributed by atoms with Crippen molar-refractivity contribution < 1.29 is 0 Å². The standard InChI is InChI=1S/C18H21N/c1-14(2)18(4,13-16-10-7-8-12-19-16)17-11-6-5-9-15(17)3/h5-12H,1,13H2,2-4H3. The molecule has 0 radical (unpaired) electrons. The van der Waals surface area contributed by atoms with E-state index in [0.717, 1.165) is 12.1 Å². The second kappa shape index (κ2) is 5.40. The highest BCUT2D eigenvalue weighted by Gasteiger charge is 2.29. The van der Waals surface area contributed by atoms with Crippen LogP contribution in [0.5, 0.6) is 0 Å². The largest absolute Gasteiger partial charge is 0.261 e. The Balaban J connectivity index is 2.45. The van der Waals surface area contributed by atoms with E-state index in [0.29, 0.717) is 0 Å². The summed E-state index contributed by atoms with van der Waals surface area (Å²) in [5.74, 6) is 0. The van der Waals surface area contributed by atoms with E-state index in [1.807, 2.05) is 18.3 Å². The lowest BCUT2D eigenvalue weighted by Gasteiger charge is -2.32. The highest BCUT2D eigenvalue weighted by Crippen LogP contribution is 2.35. The highest BCUT2D eigenvalue weighted by molar-refractivity contribution is 5.40. The third-order valence-electron chi connectivity index (χ3n) is 3.94. The molecule has 0 saturated heterocycles. The summed E-state index contributed by atoms with van der Waals surface area (Å²) in [6.07, 6.45) is 2.74. The first-order valence-corrected chi connectivity index (χ1v) is 6.66. The van der Waals surface area contributed by atoms with Crippen LogP contribution in [0.1, 0.15) is 30.7 Å². The molecule has 1 unspecified atom stereocenters. The first-order chi connectivity index (χ1) is 9.04. The van der Waals surface area contributed by atoms with E-state index in [2.05, 4.69) is 62.7 Å². The molecular formula is C18H21N. The van der Waals surface area contributed by atoms with Crippen molar-refractivity contribution in [3.8, 4) is 0 Å². The normalized spacial score (nSPS) is 13.8. The number of benzene rings is 1. The Morgan fingerprint density at radius 1 is 1.16 bits per heavy atom. The fourth-order valence-electron chi connectivity index (χ4n) is 2.53. The summed E-state index contributed by atoms with van der Waals surface area (Å²) in [6.45, 7) is 10.7. The van der Waals surface area contributed by atoms with Gasteiger partial charge < -0.3 is 0 Å². The average Bonchev–Trinajstić information content (AvgIpc) is 2.40. The van der Waals surface area contributed by atoms with Crippen LogP contribution < -0.4 is 0 Å². The van der Waals surface area contributed by atoms with Gasteiger partial charge in [-0.3, -0.25) is 4.98 Å². The maximum absolute atomic E-state index is 4.46. The van der Waals surface area contributed by atoms with E-state index in [4.69, 9.17) is 0 Å². The van der Waals surface area contributed by atoms with Gasteiger partial charge in [-0.25, -0.2) is 0 Å². The number of aryl methyl sites for hydroxylation is 1. The van der Waals surface area contributed by atoms with Gasteiger partial charge in [0.1, 0.15) is 0 Å². The Kier molecular flexibility index (Phi) is 3.84. The van der Waals surface area contributed by atoms with Gasteiger partial charge in [-0.1, -0.05) is 49.4 Å². The molecule has 98 valence electrons. The lowest BCUT2D eigenvalue weighted by molar-refractivity contribution is 0.544. The van der Waals surface area contributed by atoms with Gasteiger partial charge in [0.25, 0.3) is 0 Å². The van der Waals surface area contributed by atoms with Crippen LogP contribution in [-0.4, -0.2) is 4.98 Å². The molecule has 0 aliphatic rings. The van der Waals surface area contributed by atoms with Crippen molar-refractivity contribution in [2.45, 2.75) is 32.6 Å². The molecule has 0 N–H and O–H groups in total. The first kappa shape index (κ1) is 13.5. The van der Waals surface area contributed by atoms with Crippen molar-refractivity contribution in [1.29, 1.82) is 0 Å². The Labute approximate surface area is 116 Å². The molecule has 19 heavy (non-hydrogen) atoms. The molecule has 0 aliphatic carbocycles. The van der Waals surface area contributed by atoms with E-state index < -0.39 is 0 Å². The van der Waals surface area contributed by atoms with Crippen molar-refractivity contribution in [2.75, 3.05) is 0 Å². The van der Waals surface area contributed by atoms with E-state index in [9.17, 15) is 0 Å². The minimum absolute atomic E-state index is 0.0697. The summed E-state index contributed by atoms with van der Waals surface area (Å²) >= 11 is 0. The topological polar surface area (TPSA) is 12.9 Å². The molecule has 1 aromatic carbocycles. The van der Waals surface area contributed by atoms with Crippen molar-refractivity contribution in [3.63, 3.8) is 0 Å². The molecule has 1 nitrogen and oxygen atoms in total. The van der Waals surface area contributed by atoms with Crippen LogP contribution in [0.25, 0.3) is 0 Å². The lowest BCUT2D eigenvalue weighted by Crippen LogP contribution is -2.27. The third kappa shape index (κ3) is 2.76. The monoisotopic (exact) mass is 251 g/mol. The maximum atomic E-state index is 4.46. The quantitative estimate of drug-likeness (QED) is 0.731. The molecule has 0 bridgehead atoms. The molecule has 2 rings (SSSR count). The second-order valence-corrected chi connectivity index (χ2v) is 5.43. The number of aromatic nitrogens is 1. The summed E-state index contributed by atoms with van der Waals surface area (Å²) in [5.41, 5.74) is 4.86. The van der Waals surface area contributed by atoms with Gasteiger partial charge in [0, 0.05) is 23.7 Å². The van der Waals surface area contributed by atoms with Crippen LogP contribution >= 0.6 is 0 Å². The minimum atomic E-state index is -0.0697. The molecule has 1 heteroatoms. The fraction of sp³-hybridized carbons (Fsp3) is 0.278.